The van der Waals surface area contributed by atoms with E-state index in [2.05, 4.69) is 24.2 Å². The van der Waals surface area contributed by atoms with E-state index in [4.69, 9.17) is 9.72 Å². The molecule has 2 aliphatic rings. The highest BCUT2D eigenvalue weighted by Gasteiger charge is 2.39. The van der Waals surface area contributed by atoms with E-state index in [0.717, 1.165) is 30.9 Å². The summed E-state index contributed by atoms with van der Waals surface area (Å²) in [6.45, 7) is 4.70. The predicted octanol–water partition coefficient (Wildman–Crippen LogP) is 2.74. The number of nitrogens with zero attached hydrogens (tertiary/aromatic N) is 2. The summed E-state index contributed by atoms with van der Waals surface area (Å²) in [7, 11) is 4.05. The standard InChI is InChI=1S/C16H27N3OS/c1-4-17-9-15-14(10-20-3)18-16(21-15)11-7-12-5-6-13(8-11)19(12)2/h11-13,17H,4-10H2,1-3H3. The first-order valence-corrected chi connectivity index (χ1v) is 8.94. The van der Waals surface area contributed by atoms with Crippen molar-refractivity contribution in [2.24, 2.45) is 0 Å². The molecule has 2 saturated heterocycles. The lowest BCUT2D eigenvalue weighted by molar-refractivity contribution is 0.160. The van der Waals surface area contributed by atoms with Crippen molar-refractivity contribution in [3.05, 3.63) is 15.6 Å². The number of hydrogen-bond acceptors (Lipinski definition) is 5. The Morgan fingerprint density at radius 1 is 1.33 bits per heavy atom. The van der Waals surface area contributed by atoms with Gasteiger partial charge in [0.25, 0.3) is 0 Å². The molecule has 0 aromatic carbocycles. The molecule has 1 aromatic rings. The zero-order valence-electron chi connectivity index (χ0n) is 13.4. The van der Waals surface area contributed by atoms with Gasteiger partial charge in [0.2, 0.25) is 0 Å². The van der Waals surface area contributed by atoms with Crippen LogP contribution in [0.1, 0.15) is 54.1 Å². The zero-order valence-corrected chi connectivity index (χ0v) is 14.2. The first-order valence-electron chi connectivity index (χ1n) is 8.13. The number of rotatable bonds is 6. The van der Waals surface area contributed by atoms with Crippen molar-refractivity contribution in [2.45, 2.75) is 63.8 Å². The SMILES string of the molecule is CCNCc1sc(C2CC3CCC(C2)N3C)nc1COC. The van der Waals surface area contributed by atoms with Gasteiger partial charge in [0.1, 0.15) is 0 Å². The highest BCUT2D eigenvalue weighted by Crippen LogP contribution is 2.43. The number of fused-ring (bicyclic) bond motifs is 2. The van der Waals surface area contributed by atoms with Crippen LogP contribution in [0.3, 0.4) is 0 Å². The van der Waals surface area contributed by atoms with Crippen molar-refractivity contribution in [2.75, 3.05) is 20.7 Å². The minimum Gasteiger partial charge on any atom is -0.378 e. The van der Waals surface area contributed by atoms with Crippen LogP contribution in [-0.2, 0) is 17.9 Å². The predicted molar refractivity (Wildman–Crippen MR) is 86.8 cm³/mol. The molecule has 2 unspecified atom stereocenters. The van der Waals surface area contributed by atoms with Crippen LogP contribution in [0.2, 0.25) is 0 Å². The van der Waals surface area contributed by atoms with E-state index in [1.807, 2.05) is 11.3 Å². The maximum absolute atomic E-state index is 5.33. The molecule has 0 radical (unpaired) electrons. The molecule has 1 N–H and O–H groups in total. The van der Waals surface area contributed by atoms with Gasteiger partial charge in [-0.3, -0.25) is 0 Å². The molecule has 1 aromatic heterocycles. The summed E-state index contributed by atoms with van der Waals surface area (Å²) >= 11 is 1.91. The van der Waals surface area contributed by atoms with Gasteiger partial charge in [-0.1, -0.05) is 6.92 Å². The molecule has 21 heavy (non-hydrogen) atoms. The van der Waals surface area contributed by atoms with Crippen LogP contribution >= 0.6 is 11.3 Å². The Morgan fingerprint density at radius 2 is 2.05 bits per heavy atom. The molecule has 0 aliphatic carbocycles. The molecule has 118 valence electrons. The van der Waals surface area contributed by atoms with Gasteiger partial charge < -0.3 is 15.0 Å². The minimum absolute atomic E-state index is 0.636. The van der Waals surface area contributed by atoms with E-state index in [-0.39, 0.29) is 0 Å². The Balaban J connectivity index is 1.76. The smallest absolute Gasteiger partial charge is 0.0964 e. The molecule has 0 saturated carbocycles. The first kappa shape index (κ1) is 15.4. The molecule has 0 spiro atoms. The molecule has 5 heteroatoms. The molecule has 4 nitrogen and oxygen atoms in total. The van der Waals surface area contributed by atoms with Crippen molar-refractivity contribution in [3.63, 3.8) is 0 Å². The van der Waals surface area contributed by atoms with Crippen molar-refractivity contribution >= 4 is 11.3 Å². The van der Waals surface area contributed by atoms with Gasteiger partial charge in [-0.15, -0.1) is 11.3 Å². The van der Waals surface area contributed by atoms with Crippen LogP contribution in [0.15, 0.2) is 0 Å². The van der Waals surface area contributed by atoms with E-state index < -0.39 is 0 Å². The average molecular weight is 309 g/mol. The summed E-state index contributed by atoms with van der Waals surface area (Å²) in [4.78, 5) is 8.89. The van der Waals surface area contributed by atoms with Crippen LogP contribution in [0, 0.1) is 0 Å². The zero-order chi connectivity index (χ0) is 14.8. The van der Waals surface area contributed by atoms with Crippen molar-refractivity contribution in [1.29, 1.82) is 0 Å². The summed E-state index contributed by atoms with van der Waals surface area (Å²) in [6.07, 6.45) is 5.32. The van der Waals surface area contributed by atoms with Crippen LogP contribution < -0.4 is 5.32 Å². The van der Waals surface area contributed by atoms with Gasteiger partial charge in [0, 0.05) is 36.5 Å². The van der Waals surface area contributed by atoms with Crippen molar-refractivity contribution in [1.82, 2.24) is 15.2 Å². The van der Waals surface area contributed by atoms with Crippen LogP contribution in [-0.4, -0.2) is 42.7 Å². The van der Waals surface area contributed by atoms with Crippen molar-refractivity contribution in [3.8, 4) is 0 Å². The number of nitrogens with one attached hydrogen (secondary N) is 1. The number of piperidine rings is 1. The third-order valence-corrected chi connectivity index (χ3v) is 6.32. The normalized spacial score (nSPS) is 29.2. The fourth-order valence-corrected chi connectivity index (χ4v) is 4.98. The van der Waals surface area contributed by atoms with Gasteiger partial charge in [-0.2, -0.15) is 0 Å². The molecule has 2 atom stereocenters. The highest BCUT2D eigenvalue weighted by molar-refractivity contribution is 7.11. The molecular formula is C16H27N3OS. The van der Waals surface area contributed by atoms with E-state index in [9.17, 15) is 0 Å². The highest BCUT2D eigenvalue weighted by atomic mass is 32.1. The second kappa shape index (κ2) is 6.73. The van der Waals surface area contributed by atoms with E-state index in [1.165, 1.54) is 35.6 Å². The molecule has 2 fully saturated rings. The summed E-state index contributed by atoms with van der Waals surface area (Å²) in [5.74, 6) is 0.662. The lowest BCUT2D eigenvalue weighted by Crippen LogP contribution is -2.39. The lowest BCUT2D eigenvalue weighted by Gasteiger charge is -2.35. The lowest BCUT2D eigenvalue weighted by atomic mass is 9.92. The third-order valence-electron chi connectivity index (χ3n) is 5.06. The van der Waals surface area contributed by atoms with E-state index in [1.54, 1.807) is 7.11 Å². The summed E-state index contributed by atoms with van der Waals surface area (Å²) in [5, 5.41) is 4.77. The van der Waals surface area contributed by atoms with Gasteiger partial charge in [-0.25, -0.2) is 4.98 Å². The van der Waals surface area contributed by atoms with E-state index in [0.29, 0.717) is 12.5 Å². The minimum atomic E-state index is 0.636. The number of ether oxygens (including phenoxy) is 1. The number of hydrogen-bond donors (Lipinski definition) is 1. The largest absolute Gasteiger partial charge is 0.378 e. The fourth-order valence-electron chi connectivity index (χ4n) is 3.82. The molecular weight excluding hydrogens is 282 g/mol. The maximum atomic E-state index is 5.33. The number of thiazole rings is 1. The van der Waals surface area contributed by atoms with E-state index >= 15 is 0 Å². The quantitative estimate of drug-likeness (QED) is 0.877. The number of aromatic nitrogens is 1. The molecule has 0 amide bonds. The molecule has 2 bridgehead atoms. The average Bonchev–Trinajstić information content (AvgIpc) is 2.94. The Bertz CT molecular complexity index is 462. The monoisotopic (exact) mass is 309 g/mol. The first-order chi connectivity index (χ1) is 10.2. The summed E-state index contributed by atoms with van der Waals surface area (Å²) < 4.78 is 5.33. The number of methoxy groups -OCH3 is 1. The Hall–Kier alpha value is -0.490. The Labute approximate surface area is 131 Å². The van der Waals surface area contributed by atoms with Gasteiger partial charge in [-0.05, 0) is 39.3 Å². The van der Waals surface area contributed by atoms with Crippen LogP contribution in [0.4, 0.5) is 0 Å². The second-order valence-corrected chi connectivity index (χ2v) is 7.47. The van der Waals surface area contributed by atoms with Crippen LogP contribution in [0.5, 0.6) is 0 Å². The molecule has 3 rings (SSSR count). The Morgan fingerprint density at radius 3 is 2.67 bits per heavy atom. The second-order valence-electron chi connectivity index (χ2n) is 6.35. The van der Waals surface area contributed by atoms with Crippen molar-refractivity contribution < 1.29 is 4.74 Å². The third kappa shape index (κ3) is 3.16. The fraction of sp³-hybridized carbons (Fsp3) is 0.812. The van der Waals surface area contributed by atoms with Gasteiger partial charge in [0.15, 0.2) is 0 Å². The maximum Gasteiger partial charge on any atom is 0.0964 e. The Kier molecular flexibility index (Phi) is 4.94. The molecule has 2 aliphatic heterocycles. The molecule has 3 heterocycles. The van der Waals surface area contributed by atoms with Gasteiger partial charge >= 0.3 is 0 Å². The summed E-state index contributed by atoms with van der Waals surface area (Å²) in [5.41, 5.74) is 1.14. The van der Waals surface area contributed by atoms with Crippen LogP contribution in [0.25, 0.3) is 0 Å². The summed E-state index contributed by atoms with van der Waals surface area (Å²) in [6, 6.07) is 1.56. The topological polar surface area (TPSA) is 37.4 Å². The van der Waals surface area contributed by atoms with Gasteiger partial charge in [0.05, 0.1) is 17.3 Å².